The Morgan fingerprint density at radius 1 is 1.37 bits per heavy atom. The summed E-state index contributed by atoms with van der Waals surface area (Å²) >= 11 is 0. The van der Waals surface area contributed by atoms with Gasteiger partial charge in [0.1, 0.15) is 6.61 Å². The molecule has 0 aromatic heterocycles. The molecule has 19 heavy (non-hydrogen) atoms. The molecule has 0 amide bonds. The molecule has 6 nitrogen and oxygen atoms in total. The quantitative estimate of drug-likeness (QED) is 0.719. The van der Waals surface area contributed by atoms with Crippen LogP contribution in [-0.2, 0) is 19.6 Å². The average molecular weight is 287 g/mol. The molecule has 7 heteroatoms. The van der Waals surface area contributed by atoms with Crippen molar-refractivity contribution < 1.29 is 23.1 Å². The van der Waals surface area contributed by atoms with Gasteiger partial charge in [-0.3, -0.25) is 0 Å². The van der Waals surface area contributed by atoms with E-state index in [4.69, 9.17) is 9.84 Å². The molecule has 0 saturated carbocycles. The lowest BCUT2D eigenvalue weighted by Crippen LogP contribution is -2.28. The molecule has 0 saturated heterocycles. The minimum absolute atomic E-state index is 0.0103. The van der Waals surface area contributed by atoms with E-state index in [0.717, 1.165) is 5.56 Å². The highest BCUT2D eigenvalue weighted by molar-refractivity contribution is 7.89. The number of rotatable bonds is 7. The van der Waals surface area contributed by atoms with Crippen molar-refractivity contribution in [1.29, 1.82) is 0 Å². The molecular formula is C12H17NO5S. The largest absolute Gasteiger partial charge is 0.480 e. The summed E-state index contributed by atoms with van der Waals surface area (Å²) in [7, 11) is -3.59. The van der Waals surface area contributed by atoms with Crippen LogP contribution in [0.15, 0.2) is 23.1 Å². The Hall–Kier alpha value is -1.44. The molecule has 0 fully saturated rings. The van der Waals surface area contributed by atoms with Gasteiger partial charge in [-0.05, 0) is 31.0 Å². The second kappa shape index (κ2) is 6.65. The minimum atomic E-state index is -3.59. The maximum absolute atomic E-state index is 12.0. The minimum Gasteiger partial charge on any atom is -0.480 e. The summed E-state index contributed by atoms with van der Waals surface area (Å²) in [5.41, 5.74) is 1.51. The van der Waals surface area contributed by atoms with Gasteiger partial charge in [-0.25, -0.2) is 17.9 Å². The third kappa shape index (κ3) is 4.98. The first-order valence-electron chi connectivity index (χ1n) is 5.69. The molecule has 0 aliphatic carbocycles. The number of aryl methyl sites for hydroxylation is 2. The van der Waals surface area contributed by atoms with Gasteiger partial charge in [-0.1, -0.05) is 12.1 Å². The van der Waals surface area contributed by atoms with Crippen molar-refractivity contribution in [2.24, 2.45) is 0 Å². The third-order valence-electron chi connectivity index (χ3n) is 2.40. The van der Waals surface area contributed by atoms with Crippen LogP contribution in [0.4, 0.5) is 0 Å². The van der Waals surface area contributed by atoms with Gasteiger partial charge in [-0.15, -0.1) is 0 Å². The first-order valence-corrected chi connectivity index (χ1v) is 7.17. The molecule has 1 aromatic carbocycles. The number of nitrogens with one attached hydrogen (secondary N) is 1. The lowest BCUT2D eigenvalue weighted by Gasteiger charge is -2.10. The zero-order valence-corrected chi connectivity index (χ0v) is 11.7. The predicted octanol–water partition coefficient (Wildman–Crippen LogP) is 0.683. The number of ether oxygens (including phenoxy) is 1. The van der Waals surface area contributed by atoms with Gasteiger partial charge in [0, 0.05) is 6.54 Å². The molecule has 0 spiro atoms. The van der Waals surface area contributed by atoms with Crippen molar-refractivity contribution in [2.45, 2.75) is 18.7 Å². The van der Waals surface area contributed by atoms with Gasteiger partial charge in [0.05, 0.1) is 11.5 Å². The Bertz CT molecular complexity index is 553. The number of hydrogen-bond donors (Lipinski definition) is 2. The van der Waals surface area contributed by atoms with Crippen molar-refractivity contribution in [2.75, 3.05) is 19.8 Å². The summed E-state index contributed by atoms with van der Waals surface area (Å²) in [4.78, 5) is 10.4. The third-order valence-corrected chi connectivity index (χ3v) is 4.00. The number of carbonyl (C=O) groups is 1. The molecule has 0 unspecified atom stereocenters. The Morgan fingerprint density at radius 2 is 2.05 bits per heavy atom. The highest BCUT2D eigenvalue weighted by Gasteiger charge is 2.16. The van der Waals surface area contributed by atoms with Crippen LogP contribution in [-0.4, -0.2) is 39.3 Å². The number of carboxylic acids is 1. The van der Waals surface area contributed by atoms with Crippen molar-refractivity contribution in [3.63, 3.8) is 0 Å². The molecular weight excluding hydrogens is 270 g/mol. The Balaban J connectivity index is 2.61. The monoisotopic (exact) mass is 287 g/mol. The second-order valence-electron chi connectivity index (χ2n) is 4.11. The van der Waals surface area contributed by atoms with Gasteiger partial charge in [-0.2, -0.15) is 0 Å². The van der Waals surface area contributed by atoms with Crippen molar-refractivity contribution in [3.05, 3.63) is 29.3 Å². The molecule has 0 aliphatic rings. The topological polar surface area (TPSA) is 92.7 Å². The van der Waals surface area contributed by atoms with E-state index >= 15 is 0 Å². The maximum Gasteiger partial charge on any atom is 0.329 e. The van der Waals surface area contributed by atoms with Gasteiger partial charge in [0.25, 0.3) is 0 Å². The van der Waals surface area contributed by atoms with Crippen molar-refractivity contribution >= 4 is 16.0 Å². The molecule has 0 bridgehead atoms. The number of carboxylic acid groups (broad SMARTS) is 1. The molecule has 1 rings (SSSR count). The molecule has 0 heterocycles. The molecule has 0 atom stereocenters. The highest BCUT2D eigenvalue weighted by Crippen LogP contribution is 2.16. The first-order chi connectivity index (χ1) is 8.83. The van der Waals surface area contributed by atoms with Crippen LogP contribution in [0.1, 0.15) is 11.1 Å². The molecule has 0 radical (unpaired) electrons. The number of aliphatic carboxylic acids is 1. The standard InChI is InChI=1S/C12H17NO5S/c1-9-3-4-10(2)11(7-9)19(16,17)13-5-6-18-8-12(14)15/h3-4,7,13H,5-6,8H2,1-2H3,(H,14,15). The summed E-state index contributed by atoms with van der Waals surface area (Å²) in [6.07, 6.45) is 0. The van der Waals surface area contributed by atoms with E-state index in [9.17, 15) is 13.2 Å². The smallest absolute Gasteiger partial charge is 0.329 e. The number of hydrogen-bond acceptors (Lipinski definition) is 4. The van der Waals surface area contributed by atoms with E-state index in [1.54, 1.807) is 19.1 Å². The zero-order chi connectivity index (χ0) is 14.5. The fourth-order valence-electron chi connectivity index (χ4n) is 1.48. The second-order valence-corrected chi connectivity index (χ2v) is 5.85. The van der Waals surface area contributed by atoms with Crippen LogP contribution in [0.3, 0.4) is 0 Å². The van der Waals surface area contributed by atoms with E-state index in [1.807, 2.05) is 13.0 Å². The molecule has 1 aromatic rings. The van der Waals surface area contributed by atoms with Crippen LogP contribution >= 0.6 is 0 Å². The van der Waals surface area contributed by atoms with E-state index in [1.165, 1.54) is 0 Å². The summed E-state index contributed by atoms with van der Waals surface area (Å²) in [6, 6.07) is 5.17. The highest BCUT2D eigenvalue weighted by atomic mass is 32.2. The van der Waals surface area contributed by atoms with E-state index < -0.39 is 22.6 Å². The maximum atomic E-state index is 12.0. The zero-order valence-electron chi connectivity index (χ0n) is 10.8. The van der Waals surface area contributed by atoms with E-state index in [-0.39, 0.29) is 18.0 Å². The Morgan fingerprint density at radius 3 is 2.68 bits per heavy atom. The normalized spacial score (nSPS) is 11.5. The first kappa shape index (κ1) is 15.6. The Kier molecular flexibility index (Phi) is 5.46. The SMILES string of the molecule is Cc1ccc(C)c(S(=O)(=O)NCCOCC(=O)O)c1. The van der Waals surface area contributed by atoms with Gasteiger partial charge >= 0.3 is 5.97 Å². The molecule has 2 N–H and O–H groups in total. The lowest BCUT2D eigenvalue weighted by atomic mass is 10.2. The Labute approximate surface area is 112 Å². The van der Waals surface area contributed by atoms with Crippen LogP contribution in [0.2, 0.25) is 0 Å². The number of benzene rings is 1. The van der Waals surface area contributed by atoms with Crippen molar-refractivity contribution in [1.82, 2.24) is 4.72 Å². The summed E-state index contributed by atoms with van der Waals surface area (Å²) in [6.45, 7) is 3.13. The van der Waals surface area contributed by atoms with E-state index in [0.29, 0.717) is 5.56 Å². The lowest BCUT2D eigenvalue weighted by molar-refractivity contribution is -0.142. The van der Waals surface area contributed by atoms with Crippen LogP contribution in [0.5, 0.6) is 0 Å². The van der Waals surface area contributed by atoms with Gasteiger partial charge in [0.15, 0.2) is 0 Å². The summed E-state index contributed by atoms with van der Waals surface area (Å²) < 4.78 is 31.2. The van der Waals surface area contributed by atoms with Crippen LogP contribution in [0, 0.1) is 13.8 Å². The number of sulfonamides is 1. The fraction of sp³-hybridized carbons (Fsp3) is 0.417. The fourth-order valence-corrected chi connectivity index (χ4v) is 2.82. The van der Waals surface area contributed by atoms with Crippen LogP contribution < -0.4 is 4.72 Å². The molecule has 106 valence electrons. The van der Waals surface area contributed by atoms with Crippen molar-refractivity contribution in [3.8, 4) is 0 Å². The van der Waals surface area contributed by atoms with E-state index in [2.05, 4.69) is 4.72 Å². The summed E-state index contributed by atoms with van der Waals surface area (Å²) in [5, 5.41) is 8.35. The predicted molar refractivity (Wildman–Crippen MR) is 69.6 cm³/mol. The van der Waals surface area contributed by atoms with Gasteiger partial charge in [0.2, 0.25) is 10.0 Å². The average Bonchev–Trinajstić information content (AvgIpc) is 2.31. The van der Waals surface area contributed by atoms with Crippen LogP contribution in [0.25, 0.3) is 0 Å². The summed E-state index contributed by atoms with van der Waals surface area (Å²) in [5.74, 6) is -1.09. The molecule has 0 aliphatic heterocycles. The van der Waals surface area contributed by atoms with Gasteiger partial charge < -0.3 is 9.84 Å².